The number of rotatable bonds is 0. The molecule has 0 aliphatic heterocycles. The van der Waals surface area contributed by atoms with Crippen LogP contribution in [0.1, 0.15) is 0 Å². The third-order valence-electron chi connectivity index (χ3n) is 0. The van der Waals surface area contributed by atoms with Crippen LogP contribution < -0.4 is 103 Å². The molecule has 80 valence electrons. The Balaban J connectivity index is -0.0000000216. The molecule has 0 heterocycles. The Morgan fingerprint density at radius 1 is 0.750 bits per heavy atom. The van der Waals surface area contributed by atoms with Gasteiger partial charge in [0.05, 0.1) is 10.2 Å². The summed E-state index contributed by atoms with van der Waals surface area (Å²) in [5.74, 6) is 0. The molecule has 0 amide bonds. The van der Waals surface area contributed by atoms with Gasteiger partial charge in [0.1, 0.15) is 0 Å². The molecule has 16 heavy (non-hydrogen) atoms. The molecule has 0 spiro atoms. The first-order valence-electron chi connectivity index (χ1n) is 1.76. The molecule has 0 atom stereocenters. The third-order valence-corrected chi connectivity index (χ3v) is 0. The third kappa shape index (κ3) is 458. The molecule has 0 aromatic rings. The van der Waals surface area contributed by atoms with Crippen LogP contribution in [-0.4, -0.2) is 76.6 Å². The standard InChI is InChI=1S/Ba.2K.2NO3.H2O4S/c;;;2*2-1(3)4;1-5(2,3)4/h;;;;;(H2,1,2,3,4)/q+2;2*+1;2*-1;/p-2. The van der Waals surface area contributed by atoms with Gasteiger partial charge in [-0.3, -0.25) is 8.42 Å². The van der Waals surface area contributed by atoms with Crippen molar-refractivity contribution in [3.63, 3.8) is 0 Å². The van der Waals surface area contributed by atoms with Crippen LogP contribution in [0.5, 0.6) is 0 Å². The van der Waals surface area contributed by atoms with E-state index in [0.717, 1.165) is 0 Å². The van der Waals surface area contributed by atoms with Gasteiger partial charge in [0.15, 0.2) is 0 Å². The van der Waals surface area contributed by atoms with Gasteiger partial charge in [-0.25, -0.2) is 0 Å². The van der Waals surface area contributed by atoms with Crippen LogP contribution in [0.2, 0.25) is 0 Å². The zero-order chi connectivity index (χ0) is 11.7. The van der Waals surface area contributed by atoms with Gasteiger partial charge in [0.2, 0.25) is 0 Å². The molecule has 0 fully saturated rings. The SMILES string of the molecule is O=S(=O)([O-])[O-].O=[N+]([O-])[O-].O=[N+]([O-])[O-].[Ba+2].[K+].[K+]. The average molecular weight is 436 g/mol. The Morgan fingerprint density at radius 3 is 0.750 bits per heavy atom. The van der Waals surface area contributed by atoms with E-state index < -0.39 is 20.6 Å². The van der Waals surface area contributed by atoms with Crippen LogP contribution in [-0.2, 0) is 10.4 Å². The van der Waals surface area contributed by atoms with Crippen molar-refractivity contribution in [2.75, 3.05) is 0 Å². The second-order valence-electron chi connectivity index (χ2n) is 0.855. The smallest absolute Gasteiger partial charge is 0.759 e. The van der Waals surface area contributed by atoms with Crippen molar-refractivity contribution in [3.8, 4) is 0 Å². The molecular weight excluding hydrogens is 436 g/mol. The maximum Gasteiger partial charge on any atom is 2.00 e. The van der Waals surface area contributed by atoms with Crippen LogP contribution in [0.25, 0.3) is 0 Å². The minimum Gasteiger partial charge on any atom is -0.759 e. The van der Waals surface area contributed by atoms with Crippen molar-refractivity contribution in [3.05, 3.63) is 30.6 Å². The van der Waals surface area contributed by atoms with E-state index in [4.69, 9.17) is 48.2 Å². The van der Waals surface area contributed by atoms with Gasteiger partial charge < -0.3 is 39.7 Å². The Kier molecular flexibility index (Phi) is 52.9. The van der Waals surface area contributed by atoms with E-state index in [2.05, 4.69) is 0 Å². The van der Waals surface area contributed by atoms with Crippen LogP contribution >= 0.6 is 0 Å². The minimum atomic E-state index is -5.17. The average Bonchev–Trinajstić information content (AvgIpc) is 1.50. The summed E-state index contributed by atoms with van der Waals surface area (Å²) in [6.07, 6.45) is 0. The van der Waals surface area contributed by atoms with Gasteiger partial charge >= 0.3 is 152 Å². The summed E-state index contributed by atoms with van der Waals surface area (Å²) >= 11 is 0. The van der Waals surface area contributed by atoms with E-state index in [1.807, 2.05) is 0 Å². The van der Waals surface area contributed by atoms with Crippen molar-refractivity contribution < 1.29 is 130 Å². The number of nitrogens with zero attached hydrogens (tertiary/aromatic N) is 2. The number of hydrogen-bond acceptors (Lipinski definition) is 10. The molecule has 0 rings (SSSR count). The monoisotopic (exact) mass is 436 g/mol. The second-order valence-corrected chi connectivity index (χ2v) is 1.67. The summed E-state index contributed by atoms with van der Waals surface area (Å²) in [5, 5.41) is 29.5. The normalized spacial score (nSPS) is 6.62. The first-order valence-corrected chi connectivity index (χ1v) is 3.10. The van der Waals surface area contributed by atoms with Gasteiger partial charge in [-0.2, -0.15) is 0 Å². The Bertz CT molecular complexity index is 222. The summed E-state index contributed by atoms with van der Waals surface area (Å²) in [6.45, 7) is 0. The molecule has 0 aromatic carbocycles. The summed E-state index contributed by atoms with van der Waals surface area (Å²) in [6, 6.07) is 0. The van der Waals surface area contributed by atoms with Gasteiger partial charge in [-0.15, -0.1) is 0 Å². The van der Waals surface area contributed by atoms with Crippen molar-refractivity contribution in [2.45, 2.75) is 0 Å². The molecule has 0 saturated heterocycles. The summed E-state index contributed by atoms with van der Waals surface area (Å²) in [7, 11) is -5.17. The van der Waals surface area contributed by atoms with E-state index >= 15 is 0 Å². The largest absolute Gasteiger partial charge is 2.00 e. The minimum absolute atomic E-state index is 0. The molecule has 0 aromatic heterocycles. The molecule has 0 N–H and O–H groups in total. The topological polar surface area (TPSA) is 213 Å². The Labute approximate surface area is 214 Å². The molecular formula is BaK2N2O10S. The molecule has 0 aliphatic rings. The molecule has 0 saturated carbocycles. The van der Waals surface area contributed by atoms with E-state index in [1.54, 1.807) is 0 Å². The first-order chi connectivity index (χ1) is 5.46. The number of hydrogen-bond donors (Lipinski definition) is 0. The predicted octanol–water partition coefficient (Wildman–Crippen LogP) is -8.19. The zero-order valence-corrected chi connectivity index (χ0v) is 19.6. The molecule has 12 nitrogen and oxygen atoms in total. The van der Waals surface area contributed by atoms with Gasteiger partial charge in [0.25, 0.3) is 0 Å². The zero-order valence-electron chi connectivity index (χ0n) is 8.09. The first kappa shape index (κ1) is 36.5. The van der Waals surface area contributed by atoms with E-state index in [-0.39, 0.29) is 152 Å². The van der Waals surface area contributed by atoms with Crippen molar-refractivity contribution in [2.24, 2.45) is 0 Å². The van der Waals surface area contributed by atoms with Crippen LogP contribution in [0.15, 0.2) is 0 Å². The maximum atomic E-state index is 8.52. The quantitative estimate of drug-likeness (QED) is 0.115. The summed E-state index contributed by atoms with van der Waals surface area (Å²) in [4.78, 5) is 16.5. The van der Waals surface area contributed by atoms with Crippen LogP contribution in [0.3, 0.4) is 0 Å². The van der Waals surface area contributed by atoms with Crippen molar-refractivity contribution in [1.82, 2.24) is 0 Å². The fourth-order valence-electron chi connectivity index (χ4n) is 0. The van der Waals surface area contributed by atoms with Gasteiger partial charge in [0, 0.05) is 10.4 Å². The van der Waals surface area contributed by atoms with E-state index in [1.165, 1.54) is 0 Å². The van der Waals surface area contributed by atoms with Crippen LogP contribution in [0, 0.1) is 30.6 Å². The molecule has 16 heteroatoms. The molecule has 0 aliphatic carbocycles. The van der Waals surface area contributed by atoms with Crippen molar-refractivity contribution in [1.29, 1.82) is 0 Å². The van der Waals surface area contributed by atoms with Gasteiger partial charge in [-0.1, -0.05) is 0 Å². The molecule has 0 bridgehead atoms. The van der Waals surface area contributed by atoms with E-state index in [9.17, 15) is 0 Å². The summed E-state index contributed by atoms with van der Waals surface area (Å²) < 4.78 is 34.1. The molecule has 0 radical (unpaired) electrons. The van der Waals surface area contributed by atoms with Crippen molar-refractivity contribution >= 4 is 59.3 Å². The maximum absolute atomic E-state index is 8.52. The Hall–Kier alpha value is 3.11. The van der Waals surface area contributed by atoms with E-state index in [0.29, 0.717) is 0 Å². The van der Waals surface area contributed by atoms with Crippen LogP contribution in [0.4, 0.5) is 0 Å². The molecule has 0 unspecified atom stereocenters. The predicted molar refractivity (Wildman–Crippen MR) is 37.0 cm³/mol. The van der Waals surface area contributed by atoms with Gasteiger partial charge in [-0.05, 0) is 0 Å². The fraction of sp³-hybridized carbons (Fsp3) is 0. The summed E-state index contributed by atoms with van der Waals surface area (Å²) in [5.41, 5.74) is 0. The Morgan fingerprint density at radius 2 is 0.750 bits per heavy atom. The fourth-order valence-corrected chi connectivity index (χ4v) is 0. The second kappa shape index (κ2) is 23.2.